The van der Waals surface area contributed by atoms with Crippen molar-refractivity contribution in [1.29, 1.82) is 0 Å². The Morgan fingerprint density at radius 2 is 2.12 bits per heavy atom. The first kappa shape index (κ1) is 11.1. The average molecular weight is 230 g/mol. The summed E-state index contributed by atoms with van der Waals surface area (Å²) in [6, 6.07) is 9.71. The molecule has 0 spiro atoms. The van der Waals surface area contributed by atoms with Crippen molar-refractivity contribution in [2.75, 3.05) is 24.5 Å². The molecular formula is C15H22N2. The predicted molar refractivity (Wildman–Crippen MR) is 72.5 cm³/mol. The standard InChI is InChI=1S/C15H22N2/c1-12-10-13-4-2-3-5-15(13)17(11-12)9-8-16-14-6-7-14/h2-5,12,14,16H,6-11H2,1H3. The maximum Gasteiger partial charge on any atom is 0.0399 e. The number of fused-ring (bicyclic) bond motifs is 1. The molecule has 2 heteroatoms. The molecule has 0 radical (unpaired) electrons. The Kier molecular flexibility index (Phi) is 3.06. The van der Waals surface area contributed by atoms with Crippen LogP contribution in [0.4, 0.5) is 5.69 Å². The van der Waals surface area contributed by atoms with Gasteiger partial charge in [-0.25, -0.2) is 0 Å². The fourth-order valence-corrected chi connectivity index (χ4v) is 2.81. The smallest absolute Gasteiger partial charge is 0.0399 e. The van der Waals surface area contributed by atoms with Crippen molar-refractivity contribution in [2.45, 2.75) is 32.2 Å². The van der Waals surface area contributed by atoms with E-state index in [2.05, 4.69) is 41.4 Å². The lowest BCUT2D eigenvalue weighted by Gasteiger charge is -2.35. The van der Waals surface area contributed by atoms with Crippen LogP contribution in [0.25, 0.3) is 0 Å². The molecule has 1 atom stereocenters. The van der Waals surface area contributed by atoms with Crippen LogP contribution in [0, 0.1) is 5.92 Å². The monoisotopic (exact) mass is 230 g/mol. The molecule has 1 N–H and O–H groups in total. The molecular weight excluding hydrogens is 208 g/mol. The highest BCUT2D eigenvalue weighted by Gasteiger charge is 2.23. The van der Waals surface area contributed by atoms with Gasteiger partial charge in [-0.05, 0) is 36.8 Å². The number of nitrogens with one attached hydrogen (secondary N) is 1. The zero-order chi connectivity index (χ0) is 11.7. The molecule has 17 heavy (non-hydrogen) atoms. The minimum Gasteiger partial charge on any atom is -0.370 e. The first-order valence-corrected chi connectivity index (χ1v) is 6.89. The molecule has 2 aliphatic rings. The predicted octanol–water partition coefficient (Wildman–Crippen LogP) is 2.44. The van der Waals surface area contributed by atoms with E-state index in [-0.39, 0.29) is 0 Å². The maximum absolute atomic E-state index is 3.61. The molecule has 1 aliphatic heterocycles. The van der Waals surface area contributed by atoms with Gasteiger partial charge in [-0.15, -0.1) is 0 Å². The van der Waals surface area contributed by atoms with E-state index in [9.17, 15) is 0 Å². The van der Waals surface area contributed by atoms with Gasteiger partial charge in [0.25, 0.3) is 0 Å². The summed E-state index contributed by atoms with van der Waals surface area (Å²) < 4.78 is 0. The van der Waals surface area contributed by atoms with E-state index in [1.54, 1.807) is 0 Å². The van der Waals surface area contributed by atoms with Crippen LogP contribution >= 0.6 is 0 Å². The van der Waals surface area contributed by atoms with Crippen LogP contribution in [0.1, 0.15) is 25.3 Å². The summed E-state index contributed by atoms with van der Waals surface area (Å²) in [6.45, 7) is 5.85. The maximum atomic E-state index is 3.61. The topological polar surface area (TPSA) is 15.3 Å². The van der Waals surface area contributed by atoms with E-state index >= 15 is 0 Å². The Bertz CT molecular complexity index is 384. The minimum atomic E-state index is 0.783. The van der Waals surface area contributed by atoms with E-state index in [0.717, 1.165) is 25.0 Å². The third-order valence-electron chi connectivity index (χ3n) is 3.82. The third-order valence-corrected chi connectivity index (χ3v) is 3.82. The van der Waals surface area contributed by atoms with Gasteiger partial charge in [-0.3, -0.25) is 0 Å². The van der Waals surface area contributed by atoms with Crippen LogP contribution in [-0.4, -0.2) is 25.7 Å². The number of benzene rings is 1. The zero-order valence-corrected chi connectivity index (χ0v) is 10.7. The lowest BCUT2D eigenvalue weighted by molar-refractivity contribution is 0.522. The Labute approximate surface area is 104 Å². The second-order valence-corrected chi connectivity index (χ2v) is 5.61. The molecule has 1 aromatic carbocycles. The SMILES string of the molecule is CC1Cc2ccccc2N(CCNC2CC2)C1. The van der Waals surface area contributed by atoms with Crippen LogP contribution in [0.5, 0.6) is 0 Å². The molecule has 1 heterocycles. The van der Waals surface area contributed by atoms with Crippen molar-refractivity contribution in [1.82, 2.24) is 5.32 Å². The molecule has 0 bridgehead atoms. The lowest BCUT2D eigenvalue weighted by atomic mass is 9.94. The molecule has 1 aliphatic carbocycles. The summed E-state index contributed by atoms with van der Waals surface area (Å²) in [5, 5.41) is 3.61. The molecule has 1 aromatic rings. The number of rotatable bonds is 4. The molecule has 1 unspecified atom stereocenters. The highest BCUT2D eigenvalue weighted by molar-refractivity contribution is 5.55. The van der Waals surface area contributed by atoms with Crippen molar-refractivity contribution >= 4 is 5.69 Å². The molecule has 1 fully saturated rings. The second kappa shape index (κ2) is 4.69. The fourth-order valence-electron chi connectivity index (χ4n) is 2.81. The highest BCUT2D eigenvalue weighted by Crippen LogP contribution is 2.29. The summed E-state index contributed by atoms with van der Waals surface area (Å²) in [4.78, 5) is 2.55. The molecule has 0 amide bonds. The summed E-state index contributed by atoms with van der Waals surface area (Å²) in [6.07, 6.45) is 4.00. The van der Waals surface area contributed by atoms with E-state index in [1.165, 1.54) is 37.1 Å². The van der Waals surface area contributed by atoms with Crippen LogP contribution in [-0.2, 0) is 6.42 Å². The summed E-state index contributed by atoms with van der Waals surface area (Å²) in [5.41, 5.74) is 2.99. The van der Waals surface area contributed by atoms with Gasteiger partial charge in [-0.2, -0.15) is 0 Å². The summed E-state index contributed by atoms with van der Waals surface area (Å²) >= 11 is 0. The van der Waals surface area contributed by atoms with Crippen molar-refractivity contribution in [3.63, 3.8) is 0 Å². The Hall–Kier alpha value is -1.02. The van der Waals surface area contributed by atoms with E-state index in [4.69, 9.17) is 0 Å². The Morgan fingerprint density at radius 1 is 1.29 bits per heavy atom. The molecule has 1 saturated carbocycles. The van der Waals surface area contributed by atoms with Gasteiger partial charge >= 0.3 is 0 Å². The normalized spacial score (nSPS) is 23.6. The second-order valence-electron chi connectivity index (χ2n) is 5.61. The van der Waals surface area contributed by atoms with Gasteiger partial charge in [0, 0.05) is 31.4 Å². The van der Waals surface area contributed by atoms with Crippen LogP contribution in [0.3, 0.4) is 0 Å². The number of para-hydroxylation sites is 1. The molecule has 2 nitrogen and oxygen atoms in total. The average Bonchev–Trinajstić information content (AvgIpc) is 3.13. The number of hydrogen-bond acceptors (Lipinski definition) is 2. The lowest BCUT2D eigenvalue weighted by Crippen LogP contribution is -2.39. The molecule has 0 saturated heterocycles. The largest absolute Gasteiger partial charge is 0.370 e. The van der Waals surface area contributed by atoms with Crippen molar-refractivity contribution in [2.24, 2.45) is 5.92 Å². The first-order valence-electron chi connectivity index (χ1n) is 6.89. The molecule has 0 aromatic heterocycles. The van der Waals surface area contributed by atoms with Crippen LogP contribution in [0.2, 0.25) is 0 Å². The highest BCUT2D eigenvalue weighted by atomic mass is 15.2. The Morgan fingerprint density at radius 3 is 2.94 bits per heavy atom. The van der Waals surface area contributed by atoms with E-state index < -0.39 is 0 Å². The summed E-state index contributed by atoms with van der Waals surface area (Å²) in [5.74, 6) is 0.783. The van der Waals surface area contributed by atoms with Gasteiger partial charge in [-0.1, -0.05) is 25.1 Å². The van der Waals surface area contributed by atoms with Crippen molar-refractivity contribution in [3.05, 3.63) is 29.8 Å². The van der Waals surface area contributed by atoms with Crippen LogP contribution < -0.4 is 10.2 Å². The number of nitrogens with zero attached hydrogens (tertiary/aromatic N) is 1. The quantitative estimate of drug-likeness (QED) is 0.854. The van der Waals surface area contributed by atoms with Crippen molar-refractivity contribution in [3.8, 4) is 0 Å². The molecule has 92 valence electrons. The summed E-state index contributed by atoms with van der Waals surface area (Å²) in [7, 11) is 0. The Balaban J connectivity index is 1.66. The fraction of sp³-hybridized carbons (Fsp3) is 0.600. The minimum absolute atomic E-state index is 0.783. The first-order chi connectivity index (χ1) is 8.33. The van der Waals surface area contributed by atoms with Crippen molar-refractivity contribution < 1.29 is 0 Å². The van der Waals surface area contributed by atoms with Gasteiger partial charge in [0.2, 0.25) is 0 Å². The zero-order valence-electron chi connectivity index (χ0n) is 10.7. The van der Waals surface area contributed by atoms with Gasteiger partial charge < -0.3 is 10.2 Å². The van der Waals surface area contributed by atoms with Gasteiger partial charge in [0.05, 0.1) is 0 Å². The number of hydrogen-bond donors (Lipinski definition) is 1. The van der Waals surface area contributed by atoms with E-state index in [1.807, 2.05) is 0 Å². The van der Waals surface area contributed by atoms with Gasteiger partial charge in [0.15, 0.2) is 0 Å². The third kappa shape index (κ3) is 2.63. The van der Waals surface area contributed by atoms with E-state index in [0.29, 0.717) is 0 Å². The molecule has 3 rings (SSSR count). The number of anilines is 1. The van der Waals surface area contributed by atoms with Crippen LogP contribution in [0.15, 0.2) is 24.3 Å². The van der Waals surface area contributed by atoms with Gasteiger partial charge in [0.1, 0.15) is 0 Å².